The molecule has 0 saturated heterocycles. The van der Waals surface area contributed by atoms with Crippen LogP contribution in [0.4, 0.5) is 0 Å². The third-order valence-corrected chi connectivity index (χ3v) is 6.91. The van der Waals surface area contributed by atoms with Crippen LogP contribution in [0.1, 0.15) is 49.1 Å². The quantitative estimate of drug-likeness (QED) is 0.828. The maximum absolute atomic E-state index is 12.8. The highest BCUT2D eigenvalue weighted by atomic mass is 79.9. The van der Waals surface area contributed by atoms with Crippen LogP contribution in [0.15, 0.2) is 24.3 Å². The lowest BCUT2D eigenvalue weighted by Crippen LogP contribution is -2.48. The van der Waals surface area contributed by atoms with Gasteiger partial charge in [-0.25, -0.2) is 0 Å². The molecule has 3 aliphatic rings. The summed E-state index contributed by atoms with van der Waals surface area (Å²) < 4.78 is 0. The summed E-state index contributed by atoms with van der Waals surface area (Å²) in [6.45, 7) is 0. The molecule has 0 bridgehead atoms. The van der Waals surface area contributed by atoms with E-state index in [1.807, 2.05) is 0 Å². The van der Waals surface area contributed by atoms with Crippen LogP contribution < -0.4 is 5.32 Å². The van der Waals surface area contributed by atoms with E-state index in [1.165, 1.54) is 30.4 Å². The fourth-order valence-electron chi connectivity index (χ4n) is 4.61. The summed E-state index contributed by atoms with van der Waals surface area (Å²) in [6, 6.07) is 8.70. The van der Waals surface area contributed by atoms with Gasteiger partial charge in [-0.3, -0.25) is 4.79 Å². The molecule has 2 saturated carbocycles. The third-order valence-electron chi connectivity index (χ3n) is 5.84. The van der Waals surface area contributed by atoms with Crippen molar-refractivity contribution in [2.75, 3.05) is 5.33 Å². The Hall–Kier alpha value is -0.830. The summed E-state index contributed by atoms with van der Waals surface area (Å²) in [6.07, 6.45) is 7.07. The Balaban J connectivity index is 1.51. The minimum absolute atomic E-state index is 0.0301. The first kappa shape index (κ1) is 13.8. The summed E-state index contributed by atoms with van der Waals surface area (Å²) in [7, 11) is 0. The second kappa shape index (κ2) is 5.12. The van der Waals surface area contributed by atoms with Gasteiger partial charge < -0.3 is 5.32 Å². The number of aryl methyl sites for hydroxylation is 1. The van der Waals surface area contributed by atoms with Gasteiger partial charge in [0, 0.05) is 16.8 Å². The molecule has 4 rings (SSSR count). The molecule has 2 nitrogen and oxygen atoms in total. The number of benzene rings is 1. The molecule has 21 heavy (non-hydrogen) atoms. The molecule has 0 radical (unpaired) electrons. The van der Waals surface area contributed by atoms with Gasteiger partial charge in [-0.1, -0.05) is 53.0 Å². The monoisotopic (exact) mass is 347 g/mol. The van der Waals surface area contributed by atoms with E-state index in [0.717, 1.165) is 24.6 Å². The van der Waals surface area contributed by atoms with Gasteiger partial charge in [0.2, 0.25) is 5.91 Å². The van der Waals surface area contributed by atoms with Crippen LogP contribution in [0.2, 0.25) is 0 Å². The second-order valence-corrected chi connectivity index (χ2v) is 7.62. The number of amides is 1. The molecule has 3 heteroatoms. The van der Waals surface area contributed by atoms with E-state index in [0.29, 0.717) is 17.7 Å². The van der Waals surface area contributed by atoms with Gasteiger partial charge in [0.1, 0.15) is 0 Å². The van der Waals surface area contributed by atoms with Crippen LogP contribution in [0, 0.1) is 11.8 Å². The van der Waals surface area contributed by atoms with Crippen molar-refractivity contribution in [2.45, 2.75) is 50.0 Å². The molecule has 1 amide bonds. The number of fused-ring (bicyclic) bond motifs is 3. The molecular formula is C18H22BrNO. The van der Waals surface area contributed by atoms with E-state index in [1.54, 1.807) is 0 Å². The normalized spacial score (nSPS) is 32.1. The van der Waals surface area contributed by atoms with Crippen LogP contribution in [-0.4, -0.2) is 16.8 Å². The van der Waals surface area contributed by atoms with Crippen molar-refractivity contribution in [3.8, 4) is 0 Å². The average molecular weight is 348 g/mol. The van der Waals surface area contributed by atoms with Crippen LogP contribution in [0.3, 0.4) is 0 Å². The zero-order valence-electron chi connectivity index (χ0n) is 12.3. The Morgan fingerprint density at radius 2 is 2.05 bits per heavy atom. The molecule has 2 fully saturated rings. The lowest BCUT2D eigenvalue weighted by atomic mass is 9.92. The largest absolute Gasteiger partial charge is 0.350 e. The van der Waals surface area contributed by atoms with Crippen molar-refractivity contribution in [1.82, 2.24) is 5.32 Å². The highest BCUT2D eigenvalue weighted by Crippen LogP contribution is 2.60. The fourth-order valence-corrected chi connectivity index (χ4v) is 5.31. The van der Waals surface area contributed by atoms with Gasteiger partial charge in [-0.2, -0.15) is 0 Å². The van der Waals surface area contributed by atoms with E-state index in [2.05, 4.69) is 45.5 Å². The van der Waals surface area contributed by atoms with Crippen molar-refractivity contribution in [2.24, 2.45) is 11.8 Å². The Labute approximate surface area is 134 Å². The summed E-state index contributed by atoms with van der Waals surface area (Å²) in [4.78, 5) is 12.8. The number of halogens is 1. The molecular weight excluding hydrogens is 326 g/mol. The van der Waals surface area contributed by atoms with Crippen LogP contribution >= 0.6 is 15.9 Å². The van der Waals surface area contributed by atoms with E-state index in [9.17, 15) is 4.79 Å². The summed E-state index contributed by atoms with van der Waals surface area (Å²) in [5.74, 6) is 1.62. The molecule has 0 aromatic heterocycles. The maximum atomic E-state index is 12.8. The number of carbonyl (C=O) groups is 1. The van der Waals surface area contributed by atoms with Crippen molar-refractivity contribution in [3.05, 3.63) is 35.4 Å². The van der Waals surface area contributed by atoms with Crippen molar-refractivity contribution in [1.29, 1.82) is 0 Å². The van der Waals surface area contributed by atoms with Crippen molar-refractivity contribution >= 4 is 21.8 Å². The Bertz CT molecular complexity index is 564. The van der Waals surface area contributed by atoms with Gasteiger partial charge >= 0.3 is 0 Å². The summed E-state index contributed by atoms with van der Waals surface area (Å²) in [5.41, 5.74) is 2.93. The Kier molecular flexibility index (Phi) is 3.36. The third kappa shape index (κ3) is 2.25. The second-order valence-electron chi connectivity index (χ2n) is 7.06. The molecule has 3 unspecified atom stereocenters. The van der Waals surface area contributed by atoms with Gasteiger partial charge in [0.25, 0.3) is 0 Å². The SMILES string of the molecule is O=C(NC1(CBr)CCCC1)C1C2CCc3ccccc3C21. The van der Waals surface area contributed by atoms with Crippen molar-refractivity contribution < 1.29 is 4.79 Å². The number of rotatable bonds is 3. The van der Waals surface area contributed by atoms with Crippen LogP contribution in [-0.2, 0) is 11.2 Å². The standard InChI is InChI=1S/C18H22BrNO/c19-11-18(9-3-4-10-18)20-17(21)16-14-8-7-12-5-1-2-6-13(12)15(14)16/h1-2,5-6,14-16H,3-4,7-11H2,(H,20,21). The number of nitrogens with one attached hydrogen (secondary N) is 1. The molecule has 1 N–H and O–H groups in total. The zero-order chi connectivity index (χ0) is 14.4. The first-order valence-electron chi connectivity index (χ1n) is 8.20. The smallest absolute Gasteiger partial charge is 0.224 e. The Morgan fingerprint density at radius 3 is 2.81 bits per heavy atom. The van der Waals surface area contributed by atoms with Gasteiger partial charge in [0.05, 0.1) is 0 Å². The molecule has 0 heterocycles. The first-order chi connectivity index (χ1) is 10.2. The zero-order valence-corrected chi connectivity index (χ0v) is 13.9. The summed E-state index contributed by atoms with van der Waals surface area (Å²) >= 11 is 3.62. The van der Waals surface area contributed by atoms with E-state index in [4.69, 9.17) is 0 Å². The van der Waals surface area contributed by atoms with Gasteiger partial charge in [-0.15, -0.1) is 0 Å². The minimum Gasteiger partial charge on any atom is -0.350 e. The summed E-state index contributed by atoms with van der Waals surface area (Å²) in [5, 5.41) is 4.30. The van der Waals surface area contributed by atoms with Crippen molar-refractivity contribution in [3.63, 3.8) is 0 Å². The minimum atomic E-state index is 0.0301. The molecule has 1 aromatic carbocycles. The van der Waals surface area contributed by atoms with Gasteiger partial charge in [0.15, 0.2) is 0 Å². The number of carbonyl (C=O) groups excluding carboxylic acids is 1. The topological polar surface area (TPSA) is 29.1 Å². The van der Waals surface area contributed by atoms with E-state index >= 15 is 0 Å². The molecule has 1 aromatic rings. The van der Waals surface area contributed by atoms with Crippen LogP contribution in [0.25, 0.3) is 0 Å². The average Bonchev–Trinajstić information content (AvgIpc) is 3.10. The molecule has 0 spiro atoms. The van der Waals surface area contributed by atoms with E-state index in [-0.39, 0.29) is 11.5 Å². The Morgan fingerprint density at radius 1 is 1.29 bits per heavy atom. The maximum Gasteiger partial charge on any atom is 0.224 e. The number of alkyl halides is 1. The first-order valence-corrected chi connectivity index (χ1v) is 9.32. The molecule has 3 atom stereocenters. The lowest BCUT2D eigenvalue weighted by molar-refractivity contribution is -0.124. The number of hydrogen-bond donors (Lipinski definition) is 1. The fraction of sp³-hybridized carbons (Fsp3) is 0.611. The lowest BCUT2D eigenvalue weighted by Gasteiger charge is -2.28. The molecule has 3 aliphatic carbocycles. The molecule has 0 aliphatic heterocycles. The van der Waals surface area contributed by atoms with Crippen LogP contribution in [0.5, 0.6) is 0 Å². The van der Waals surface area contributed by atoms with Gasteiger partial charge in [-0.05, 0) is 48.6 Å². The highest BCUT2D eigenvalue weighted by Gasteiger charge is 2.57. The molecule has 112 valence electrons. The van der Waals surface area contributed by atoms with E-state index < -0.39 is 0 Å². The highest BCUT2D eigenvalue weighted by molar-refractivity contribution is 9.09. The predicted molar refractivity (Wildman–Crippen MR) is 87.6 cm³/mol. The predicted octanol–water partition coefficient (Wildman–Crippen LogP) is 3.79. The number of hydrogen-bond acceptors (Lipinski definition) is 1.